The zero-order chi connectivity index (χ0) is 15.3. The first-order valence-corrected chi connectivity index (χ1v) is 7.44. The Morgan fingerprint density at radius 3 is 2.30 bits per heavy atom. The first-order valence-electron chi connectivity index (χ1n) is 6.22. The third-order valence-corrected chi connectivity index (χ3v) is 3.42. The van der Waals surface area contributed by atoms with E-state index in [-0.39, 0.29) is 6.42 Å². The number of thioether (sulfide) groups is 1. The van der Waals surface area contributed by atoms with Gasteiger partial charge in [-0.1, -0.05) is 11.8 Å². The predicted octanol–water partition coefficient (Wildman–Crippen LogP) is 1.16. The van der Waals surface area contributed by atoms with Gasteiger partial charge in [0.05, 0.1) is 0 Å². The standard InChI is InChI=1S/C13H19N3O3S/c1-7-10(8(2)16-13(15-7)20-4)5-6-11(17)19-9(3)12(14)18/h9H,5-6H2,1-4H3,(H2,14,18)/t9-/m1/s1. The van der Waals surface area contributed by atoms with Crippen molar-refractivity contribution in [2.45, 2.75) is 44.9 Å². The van der Waals surface area contributed by atoms with Gasteiger partial charge >= 0.3 is 5.97 Å². The molecule has 1 amide bonds. The summed E-state index contributed by atoms with van der Waals surface area (Å²) in [5.74, 6) is -1.11. The molecule has 1 atom stereocenters. The summed E-state index contributed by atoms with van der Waals surface area (Å²) >= 11 is 1.48. The van der Waals surface area contributed by atoms with Gasteiger partial charge in [-0.15, -0.1) is 0 Å². The summed E-state index contributed by atoms with van der Waals surface area (Å²) in [7, 11) is 0. The number of aryl methyl sites for hydroxylation is 2. The predicted molar refractivity (Wildman–Crippen MR) is 76.4 cm³/mol. The van der Waals surface area contributed by atoms with Crippen molar-refractivity contribution >= 4 is 23.6 Å². The third-order valence-electron chi connectivity index (χ3n) is 2.87. The lowest BCUT2D eigenvalue weighted by atomic mass is 10.1. The van der Waals surface area contributed by atoms with Crippen LogP contribution in [0.25, 0.3) is 0 Å². The van der Waals surface area contributed by atoms with Crippen molar-refractivity contribution in [3.8, 4) is 0 Å². The summed E-state index contributed by atoms with van der Waals surface area (Å²) < 4.78 is 4.90. The number of aromatic nitrogens is 2. The highest BCUT2D eigenvalue weighted by Gasteiger charge is 2.16. The van der Waals surface area contributed by atoms with Gasteiger partial charge in [-0.25, -0.2) is 9.97 Å². The maximum absolute atomic E-state index is 11.6. The molecule has 0 saturated heterocycles. The molecule has 0 aliphatic heterocycles. The fourth-order valence-electron chi connectivity index (χ4n) is 1.70. The fraction of sp³-hybridized carbons (Fsp3) is 0.538. The quantitative estimate of drug-likeness (QED) is 0.481. The molecule has 0 aliphatic carbocycles. The lowest BCUT2D eigenvalue weighted by Gasteiger charge is -2.11. The minimum absolute atomic E-state index is 0.168. The van der Waals surface area contributed by atoms with Crippen LogP contribution in [0.15, 0.2) is 5.16 Å². The van der Waals surface area contributed by atoms with E-state index in [1.54, 1.807) is 0 Å². The smallest absolute Gasteiger partial charge is 0.306 e. The van der Waals surface area contributed by atoms with Crippen molar-refractivity contribution in [1.82, 2.24) is 9.97 Å². The highest BCUT2D eigenvalue weighted by Crippen LogP contribution is 2.17. The Bertz CT molecular complexity index is 497. The summed E-state index contributed by atoms with van der Waals surface area (Å²) in [6.45, 7) is 5.23. The molecule has 0 spiro atoms. The summed E-state index contributed by atoms with van der Waals surface area (Å²) in [5.41, 5.74) is 7.69. The zero-order valence-corrected chi connectivity index (χ0v) is 12.9. The number of nitrogens with two attached hydrogens (primary N) is 1. The van der Waals surface area contributed by atoms with Crippen LogP contribution in [0.3, 0.4) is 0 Å². The van der Waals surface area contributed by atoms with Gasteiger partial charge in [0.15, 0.2) is 11.3 Å². The molecule has 0 aromatic carbocycles. The van der Waals surface area contributed by atoms with E-state index in [1.165, 1.54) is 18.7 Å². The van der Waals surface area contributed by atoms with Crippen molar-refractivity contribution in [1.29, 1.82) is 0 Å². The van der Waals surface area contributed by atoms with Gasteiger partial charge in [-0.2, -0.15) is 0 Å². The van der Waals surface area contributed by atoms with Gasteiger partial charge in [0, 0.05) is 17.8 Å². The largest absolute Gasteiger partial charge is 0.453 e. The van der Waals surface area contributed by atoms with E-state index in [0.29, 0.717) is 11.6 Å². The summed E-state index contributed by atoms with van der Waals surface area (Å²) in [6, 6.07) is 0. The Morgan fingerprint density at radius 2 is 1.85 bits per heavy atom. The van der Waals surface area contributed by atoms with E-state index in [1.807, 2.05) is 20.1 Å². The molecule has 0 unspecified atom stereocenters. The van der Waals surface area contributed by atoms with Gasteiger partial charge < -0.3 is 10.5 Å². The number of hydrogen-bond donors (Lipinski definition) is 1. The third kappa shape index (κ3) is 4.48. The van der Waals surface area contributed by atoms with Gasteiger partial charge in [0.1, 0.15) is 0 Å². The lowest BCUT2D eigenvalue weighted by molar-refractivity contribution is -0.153. The molecule has 20 heavy (non-hydrogen) atoms. The summed E-state index contributed by atoms with van der Waals surface area (Å²) in [6.07, 6.45) is 1.66. The Morgan fingerprint density at radius 1 is 1.30 bits per heavy atom. The van der Waals surface area contributed by atoms with Crippen molar-refractivity contribution in [2.75, 3.05) is 6.26 Å². The van der Waals surface area contributed by atoms with Crippen LogP contribution in [0.5, 0.6) is 0 Å². The Hall–Kier alpha value is -1.63. The number of primary amides is 1. The Labute approximate surface area is 122 Å². The van der Waals surface area contributed by atoms with Gasteiger partial charge in [-0.05, 0) is 39.0 Å². The number of amides is 1. The number of carbonyl (C=O) groups is 2. The molecule has 1 rings (SSSR count). The molecule has 0 bridgehead atoms. The van der Waals surface area contributed by atoms with Crippen LogP contribution in [-0.2, 0) is 20.7 Å². The maximum Gasteiger partial charge on any atom is 0.306 e. The second-order valence-corrected chi connectivity index (χ2v) is 5.17. The van der Waals surface area contributed by atoms with E-state index < -0.39 is 18.0 Å². The molecular formula is C13H19N3O3S. The highest BCUT2D eigenvalue weighted by atomic mass is 32.2. The van der Waals surface area contributed by atoms with Crippen molar-refractivity contribution in [3.05, 3.63) is 17.0 Å². The Balaban J connectivity index is 2.66. The zero-order valence-electron chi connectivity index (χ0n) is 12.1. The van der Waals surface area contributed by atoms with Crippen molar-refractivity contribution < 1.29 is 14.3 Å². The van der Waals surface area contributed by atoms with E-state index in [0.717, 1.165) is 17.0 Å². The molecule has 0 radical (unpaired) electrons. The van der Waals surface area contributed by atoms with Crippen LogP contribution in [0.2, 0.25) is 0 Å². The molecule has 110 valence electrons. The van der Waals surface area contributed by atoms with Crippen molar-refractivity contribution in [3.63, 3.8) is 0 Å². The number of hydrogen-bond acceptors (Lipinski definition) is 6. The first kappa shape index (κ1) is 16.4. The molecule has 7 heteroatoms. The molecule has 1 heterocycles. The SMILES string of the molecule is CSc1nc(C)c(CCC(=O)O[C@H](C)C(N)=O)c(C)n1. The Kier molecular flexibility index (Phi) is 5.94. The first-order chi connectivity index (χ1) is 9.35. The average Bonchev–Trinajstić information content (AvgIpc) is 2.37. The normalized spacial score (nSPS) is 12.0. The fourth-order valence-corrected chi connectivity index (χ4v) is 2.16. The summed E-state index contributed by atoms with van der Waals surface area (Å²) in [5, 5.41) is 0.716. The van der Waals surface area contributed by atoms with E-state index in [9.17, 15) is 9.59 Å². The van der Waals surface area contributed by atoms with E-state index in [2.05, 4.69) is 9.97 Å². The second kappa shape index (κ2) is 7.23. The maximum atomic E-state index is 11.6. The topological polar surface area (TPSA) is 95.2 Å². The number of carbonyl (C=O) groups excluding carboxylic acids is 2. The van der Waals surface area contributed by atoms with Crippen LogP contribution >= 0.6 is 11.8 Å². The summed E-state index contributed by atoms with van der Waals surface area (Å²) in [4.78, 5) is 31.1. The van der Waals surface area contributed by atoms with E-state index >= 15 is 0 Å². The molecule has 0 aliphatic rings. The number of ether oxygens (including phenoxy) is 1. The molecule has 0 fully saturated rings. The highest BCUT2D eigenvalue weighted by molar-refractivity contribution is 7.98. The minimum atomic E-state index is -0.903. The van der Waals surface area contributed by atoms with Crippen LogP contribution in [0, 0.1) is 13.8 Å². The number of esters is 1. The molecule has 0 saturated carbocycles. The van der Waals surface area contributed by atoms with Crippen molar-refractivity contribution in [2.24, 2.45) is 5.73 Å². The second-order valence-electron chi connectivity index (χ2n) is 4.39. The minimum Gasteiger partial charge on any atom is -0.453 e. The molecule has 1 aromatic rings. The average molecular weight is 297 g/mol. The van der Waals surface area contributed by atoms with E-state index in [4.69, 9.17) is 10.5 Å². The number of nitrogens with zero attached hydrogens (tertiary/aromatic N) is 2. The van der Waals surface area contributed by atoms with Gasteiger partial charge in [0.25, 0.3) is 5.91 Å². The van der Waals surface area contributed by atoms with Crippen LogP contribution in [0.1, 0.15) is 30.3 Å². The molecule has 6 nitrogen and oxygen atoms in total. The monoisotopic (exact) mass is 297 g/mol. The van der Waals surface area contributed by atoms with Gasteiger partial charge in [-0.3, -0.25) is 9.59 Å². The van der Waals surface area contributed by atoms with Crippen LogP contribution in [-0.4, -0.2) is 34.2 Å². The molecule has 2 N–H and O–H groups in total. The van der Waals surface area contributed by atoms with Gasteiger partial charge in [0.2, 0.25) is 0 Å². The molecular weight excluding hydrogens is 278 g/mol. The lowest BCUT2D eigenvalue weighted by Crippen LogP contribution is -2.30. The number of rotatable bonds is 6. The van der Waals surface area contributed by atoms with Crippen LogP contribution < -0.4 is 5.73 Å². The molecule has 1 aromatic heterocycles. The van der Waals surface area contributed by atoms with Crippen LogP contribution in [0.4, 0.5) is 0 Å².